The lowest BCUT2D eigenvalue weighted by Gasteiger charge is -2.31. The number of benzene rings is 3. The number of nitrogens with zero attached hydrogens (tertiary/aromatic N) is 3. The first-order valence-electron chi connectivity index (χ1n) is 17.0. The van der Waals surface area contributed by atoms with Gasteiger partial charge in [-0.15, -0.1) is 0 Å². The second kappa shape index (κ2) is 17.0. The van der Waals surface area contributed by atoms with Crippen molar-refractivity contribution in [3.63, 3.8) is 0 Å². The van der Waals surface area contributed by atoms with E-state index in [9.17, 15) is 14.4 Å². The minimum Gasteiger partial charge on any atom is -0.425 e. The van der Waals surface area contributed by atoms with Crippen LogP contribution in [0.4, 0.5) is 0 Å². The van der Waals surface area contributed by atoms with Crippen LogP contribution in [0.25, 0.3) is 33.8 Å². The fraction of sp³-hybridized carbons (Fsp3) is 0.143. The summed E-state index contributed by atoms with van der Waals surface area (Å²) >= 11 is 10.3. The molecule has 0 unspecified atom stereocenters. The lowest BCUT2D eigenvalue weighted by atomic mass is 9.75. The van der Waals surface area contributed by atoms with Crippen molar-refractivity contribution in [3.05, 3.63) is 141 Å². The average molecular weight is 912 g/mol. The average Bonchev–Trinajstić information content (AvgIpc) is 3.19. The van der Waals surface area contributed by atoms with E-state index in [0.717, 1.165) is 30.1 Å². The number of pyridine rings is 3. The molecule has 1 fully saturated rings. The molecule has 1 aliphatic carbocycles. The van der Waals surface area contributed by atoms with Gasteiger partial charge in [-0.25, -0.2) is 0 Å². The first kappa shape index (κ1) is 37.3. The summed E-state index contributed by atoms with van der Waals surface area (Å²) in [5.74, 6) is -3.38. The summed E-state index contributed by atoms with van der Waals surface area (Å²) in [6.07, 6.45) is 4.81. The van der Waals surface area contributed by atoms with Gasteiger partial charge in [0.05, 0.1) is 53.4 Å². The molecule has 0 radical (unpaired) electrons. The minimum atomic E-state index is -0.796. The van der Waals surface area contributed by atoms with Crippen molar-refractivity contribution in [2.24, 2.45) is 17.8 Å². The Morgan fingerprint density at radius 2 is 0.667 bits per heavy atom. The van der Waals surface area contributed by atoms with Gasteiger partial charge in [0.25, 0.3) is 0 Å². The molecule has 0 N–H and O–H groups in total. The van der Waals surface area contributed by atoms with Crippen molar-refractivity contribution in [2.45, 2.75) is 19.3 Å². The fourth-order valence-electron chi connectivity index (χ4n) is 6.19. The Labute approximate surface area is 336 Å². The van der Waals surface area contributed by atoms with Gasteiger partial charge in [0.15, 0.2) is 0 Å². The van der Waals surface area contributed by atoms with Crippen molar-refractivity contribution in [1.29, 1.82) is 0 Å². The maximum atomic E-state index is 13.6. The van der Waals surface area contributed by atoms with Gasteiger partial charge in [0.1, 0.15) is 17.2 Å². The summed E-state index contributed by atoms with van der Waals surface area (Å²) in [6, 6.07) is 33.4. The van der Waals surface area contributed by atoms with E-state index < -0.39 is 35.7 Å². The quantitative estimate of drug-likeness (QED) is 0.131. The van der Waals surface area contributed by atoms with Crippen LogP contribution in [-0.4, -0.2) is 32.9 Å². The Bertz CT molecular complexity index is 1990. The molecule has 9 nitrogen and oxygen atoms in total. The molecule has 0 spiro atoms. The zero-order valence-electron chi connectivity index (χ0n) is 28.4. The summed E-state index contributed by atoms with van der Waals surface area (Å²) in [4.78, 5) is 54.2. The van der Waals surface area contributed by atoms with Crippen molar-refractivity contribution in [3.8, 4) is 51.0 Å². The van der Waals surface area contributed by atoms with Gasteiger partial charge in [-0.1, -0.05) is 84.2 Å². The molecule has 54 heavy (non-hydrogen) atoms. The van der Waals surface area contributed by atoms with Crippen LogP contribution in [0.1, 0.15) is 19.3 Å². The van der Waals surface area contributed by atoms with Crippen LogP contribution in [0.3, 0.4) is 0 Å². The summed E-state index contributed by atoms with van der Waals surface area (Å²) in [6.45, 7) is 0. The number of halogens is 3. The number of hydrogen-bond acceptors (Lipinski definition) is 9. The largest absolute Gasteiger partial charge is 0.425 e. The Morgan fingerprint density at radius 3 is 0.889 bits per heavy atom. The first-order valence-corrected chi connectivity index (χ1v) is 19.4. The molecular weight excluding hydrogens is 882 g/mol. The second-order valence-electron chi connectivity index (χ2n) is 12.7. The third-order valence-electron chi connectivity index (χ3n) is 8.99. The molecule has 0 atom stereocenters. The molecule has 270 valence electrons. The number of carbonyl (C=O) groups is 3. The Balaban J connectivity index is 1.06. The van der Waals surface area contributed by atoms with E-state index in [0.29, 0.717) is 17.1 Å². The van der Waals surface area contributed by atoms with Crippen molar-refractivity contribution < 1.29 is 28.6 Å². The van der Waals surface area contributed by atoms with Crippen LogP contribution in [0.15, 0.2) is 141 Å². The zero-order chi connectivity index (χ0) is 37.6. The molecule has 0 saturated heterocycles. The van der Waals surface area contributed by atoms with Gasteiger partial charge in [-0.2, -0.15) is 0 Å². The van der Waals surface area contributed by atoms with Gasteiger partial charge in [0, 0.05) is 30.1 Å². The SMILES string of the molecule is O=C(Oc1ccc(-c2ccc(Br)cc2)nc1)C1CC(C(=O)Oc2ccc(-c3ccc(Br)cc3)nc2)CC(C(=O)Oc2ccc(-c3ccc(Br)cc3)nc2)C1. The minimum absolute atomic E-state index is 0.125. The highest BCUT2D eigenvalue weighted by molar-refractivity contribution is 9.11. The number of aromatic nitrogens is 3. The van der Waals surface area contributed by atoms with Crippen molar-refractivity contribution in [1.82, 2.24) is 15.0 Å². The van der Waals surface area contributed by atoms with E-state index in [1.165, 1.54) is 18.6 Å². The van der Waals surface area contributed by atoms with Crippen LogP contribution in [0, 0.1) is 17.8 Å². The summed E-state index contributed by atoms with van der Waals surface area (Å²) in [5.41, 5.74) is 4.85. The van der Waals surface area contributed by atoms with Crippen LogP contribution >= 0.6 is 47.8 Å². The molecule has 0 bridgehead atoms. The zero-order valence-corrected chi connectivity index (χ0v) is 33.2. The van der Waals surface area contributed by atoms with Crippen LogP contribution in [0.2, 0.25) is 0 Å². The van der Waals surface area contributed by atoms with E-state index in [1.54, 1.807) is 36.4 Å². The number of carbonyl (C=O) groups excluding carboxylic acids is 3. The third-order valence-corrected chi connectivity index (χ3v) is 10.6. The highest BCUT2D eigenvalue weighted by atomic mass is 79.9. The maximum Gasteiger partial charge on any atom is 0.314 e. The first-order chi connectivity index (χ1) is 26.2. The summed E-state index contributed by atoms with van der Waals surface area (Å²) in [7, 11) is 0. The van der Waals surface area contributed by atoms with Gasteiger partial charge >= 0.3 is 17.9 Å². The van der Waals surface area contributed by atoms with Crippen LogP contribution in [0.5, 0.6) is 17.2 Å². The number of ether oxygens (including phenoxy) is 3. The highest BCUT2D eigenvalue weighted by Gasteiger charge is 2.41. The molecule has 3 heterocycles. The second-order valence-corrected chi connectivity index (χ2v) is 15.5. The van der Waals surface area contributed by atoms with E-state index in [1.807, 2.05) is 72.8 Å². The molecule has 12 heteroatoms. The predicted octanol–water partition coefficient (Wildman–Crippen LogP) is 10.3. The van der Waals surface area contributed by atoms with Gasteiger partial charge in [0.2, 0.25) is 0 Å². The van der Waals surface area contributed by atoms with Crippen LogP contribution < -0.4 is 14.2 Å². The highest BCUT2D eigenvalue weighted by Crippen LogP contribution is 2.37. The molecule has 0 aliphatic heterocycles. The smallest absolute Gasteiger partial charge is 0.314 e. The van der Waals surface area contributed by atoms with Gasteiger partial charge < -0.3 is 14.2 Å². The van der Waals surface area contributed by atoms with Crippen LogP contribution in [-0.2, 0) is 14.4 Å². The molecule has 3 aromatic carbocycles. The Hall–Kier alpha value is -5.04. The standard InChI is InChI=1S/C42H30Br3N3O6/c43-31-7-1-25(2-8-31)37-16-13-34(22-46-37)52-40(49)28-19-29(41(50)53-35-14-17-38(47-23-35)26-3-9-32(44)10-4-26)21-30(20-28)42(51)54-36-15-18-39(48-24-36)27-5-11-33(45)12-6-27/h1-18,22-24,28-30H,19-21H2. The molecule has 0 amide bonds. The normalized spacial score (nSPS) is 16.6. The molecular formula is C42H30Br3N3O6. The summed E-state index contributed by atoms with van der Waals surface area (Å²) < 4.78 is 20.1. The van der Waals surface area contributed by atoms with E-state index in [4.69, 9.17) is 14.2 Å². The van der Waals surface area contributed by atoms with E-state index >= 15 is 0 Å². The lowest BCUT2D eigenvalue weighted by Crippen LogP contribution is -2.39. The molecule has 1 saturated carbocycles. The third kappa shape index (κ3) is 9.36. The number of esters is 3. The van der Waals surface area contributed by atoms with Crippen molar-refractivity contribution >= 4 is 65.7 Å². The molecule has 6 aromatic rings. The fourth-order valence-corrected chi connectivity index (χ4v) is 6.98. The molecule has 7 rings (SSSR count). The lowest BCUT2D eigenvalue weighted by molar-refractivity contribution is -0.150. The predicted molar refractivity (Wildman–Crippen MR) is 213 cm³/mol. The Kier molecular flexibility index (Phi) is 11.7. The molecule has 1 aliphatic rings. The topological polar surface area (TPSA) is 118 Å². The monoisotopic (exact) mass is 909 g/mol. The van der Waals surface area contributed by atoms with E-state index in [2.05, 4.69) is 62.7 Å². The maximum absolute atomic E-state index is 13.6. The van der Waals surface area contributed by atoms with Gasteiger partial charge in [-0.05, 0) is 92.1 Å². The number of hydrogen-bond donors (Lipinski definition) is 0. The Morgan fingerprint density at radius 1 is 0.407 bits per heavy atom. The van der Waals surface area contributed by atoms with E-state index in [-0.39, 0.29) is 36.5 Å². The van der Waals surface area contributed by atoms with Gasteiger partial charge in [-0.3, -0.25) is 29.3 Å². The van der Waals surface area contributed by atoms with Crippen molar-refractivity contribution in [2.75, 3.05) is 0 Å². The molecule has 3 aromatic heterocycles. The summed E-state index contributed by atoms with van der Waals surface area (Å²) in [5, 5.41) is 0. The number of rotatable bonds is 9.